The Morgan fingerprint density at radius 3 is 2.82 bits per heavy atom. The number of thioether (sulfide) groups is 1. The van der Waals surface area contributed by atoms with Crippen LogP contribution in [0, 0.1) is 0 Å². The fourth-order valence-corrected chi connectivity index (χ4v) is 3.40. The van der Waals surface area contributed by atoms with Crippen LogP contribution in [0.1, 0.15) is 5.56 Å². The van der Waals surface area contributed by atoms with Crippen LogP contribution < -0.4 is 5.32 Å². The predicted octanol–water partition coefficient (Wildman–Crippen LogP) is 4.22. The first-order valence-corrected chi connectivity index (χ1v) is 8.82. The molecule has 7 heteroatoms. The Kier molecular flexibility index (Phi) is 4.92. The molecule has 1 N–H and O–H groups in total. The highest BCUT2D eigenvalue weighted by atomic mass is 35.5. The number of carbonyl (C=O) groups is 1. The van der Waals surface area contributed by atoms with Crippen molar-refractivity contribution < 1.29 is 4.79 Å². The molecule has 0 saturated carbocycles. The van der Waals surface area contributed by atoms with E-state index in [4.69, 9.17) is 11.6 Å². The molecule has 22 heavy (non-hydrogen) atoms. The number of fused-ring (bicyclic) bond motifs is 1. The predicted molar refractivity (Wildman–Crippen MR) is 93.7 cm³/mol. The van der Waals surface area contributed by atoms with Gasteiger partial charge < -0.3 is 5.32 Å². The van der Waals surface area contributed by atoms with Crippen LogP contribution >= 0.6 is 35.1 Å². The Labute approximate surface area is 141 Å². The van der Waals surface area contributed by atoms with E-state index in [2.05, 4.69) is 14.1 Å². The van der Waals surface area contributed by atoms with Gasteiger partial charge in [-0.3, -0.25) is 4.79 Å². The summed E-state index contributed by atoms with van der Waals surface area (Å²) in [5.74, 6) is 1.11. The molecule has 0 spiro atoms. The van der Waals surface area contributed by atoms with Gasteiger partial charge in [-0.15, -0.1) is 11.8 Å². The number of amides is 1. The van der Waals surface area contributed by atoms with Crippen LogP contribution in [-0.4, -0.2) is 20.4 Å². The van der Waals surface area contributed by atoms with Crippen molar-refractivity contribution in [3.8, 4) is 0 Å². The second kappa shape index (κ2) is 7.09. The Morgan fingerprint density at radius 2 is 2.00 bits per heavy atom. The molecule has 0 aliphatic rings. The van der Waals surface area contributed by atoms with Crippen molar-refractivity contribution in [2.75, 3.05) is 11.1 Å². The van der Waals surface area contributed by atoms with Gasteiger partial charge in [0.05, 0.1) is 23.2 Å². The van der Waals surface area contributed by atoms with Crippen LogP contribution in [-0.2, 0) is 10.5 Å². The summed E-state index contributed by atoms with van der Waals surface area (Å²) in [6.45, 7) is 0. The average molecular weight is 350 g/mol. The lowest BCUT2D eigenvalue weighted by Crippen LogP contribution is -2.14. The molecule has 3 aromatic rings. The monoisotopic (exact) mass is 349 g/mol. The van der Waals surface area contributed by atoms with Gasteiger partial charge in [0.15, 0.2) is 0 Å². The number of nitrogens with zero attached hydrogens (tertiary/aromatic N) is 2. The lowest BCUT2D eigenvalue weighted by molar-refractivity contribution is -0.113. The Bertz CT molecular complexity index is 789. The van der Waals surface area contributed by atoms with Gasteiger partial charge in [-0.2, -0.15) is 8.75 Å². The third kappa shape index (κ3) is 3.76. The maximum atomic E-state index is 12.0. The largest absolute Gasteiger partial charge is 0.323 e. The quantitative estimate of drug-likeness (QED) is 0.749. The number of carbonyl (C=O) groups excluding carboxylic acids is 1. The third-order valence-corrected chi connectivity index (χ3v) is 4.77. The number of benzene rings is 2. The van der Waals surface area contributed by atoms with Crippen molar-refractivity contribution in [1.29, 1.82) is 0 Å². The van der Waals surface area contributed by atoms with E-state index >= 15 is 0 Å². The highest BCUT2D eigenvalue weighted by Crippen LogP contribution is 2.21. The van der Waals surface area contributed by atoms with Crippen LogP contribution in [0.3, 0.4) is 0 Å². The molecule has 1 aromatic heterocycles. The Balaban J connectivity index is 1.54. The number of anilines is 1. The molecular weight excluding hydrogens is 338 g/mol. The van der Waals surface area contributed by atoms with Gasteiger partial charge in [0.25, 0.3) is 0 Å². The smallest absolute Gasteiger partial charge is 0.234 e. The third-order valence-electron chi connectivity index (χ3n) is 2.98. The van der Waals surface area contributed by atoms with E-state index < -0.39 is 0 Å². The minimum atomic E-state index is -0.0422. The fraction of sp³-hybridized carbons (Fsp3) is 0.133. The summed E-state index contributed by atoms with van der Waals surface area (Å²) in [5.41, 5.74) is 3.40. The van der Waals surface area contributed by atoms with E-state index in [1.165, 1.54) is 0 Å². The average Bonchev–Trinajstić information content (AvgIpc) is 2.99. The molecule has 0 bridgehead atoms. The highest BCUT2D eigenvalue weighted by molar-refractivity contribution is 7.99. The molecular formula is C15H12ClN3OS2. The summed E-state index contributed by atoms with van der Waals surface area (Å²) in [5, 5.41) is 3.61. The molecule has 0 aliphatic carbocycles. The standard InChI is InChI=1S/C15H12ClN3OS2/c16-11-6-4-10(5-7-11)8-21-9-14(20)17-12-2-1-3-13-15(12)19-22-18-13/h1-7H,8-9H2,(H,17,20). The minimum absolute atomic E-state index is 0.0422. The van der Waals surface area contributed by atoms with Gasteiger partial charge in [-0.1, -0.05) is 29.8 Å². The number of hydrogen-bond acceptors (Lipinski definition) is 5. The van der Waals surface area contributed by atoms with E-state index in [1.54, 1.807) is 11.8 Å². The SMILES string of the molecule is O=C(CSCc1ccc(Cl)cc1)Nc1cccc2nsnc12. The summed E-state index contributed by atoms with van der Waals surface area (Å²) < 4.78 is 8.36. The van der Waals surface area contributed by atoms with E-state index in [9.17, 15) is 4.79 Å². The maximum Gasteiger partial charge on any atom is 0.234 e. The van der Waals surface area contributed by atoms with Crippen molar-refractivity contribution >= 4 is 57.7 Å². The molecule has 1 amide bonds. The molecule has 3 rings (SSSR count). The summed E-state index contributed by atoms with van der Waals surface area (Å²) in [4.78, 5) is 12.0. The maximum absolute atomic E-state index is 12.0. The number of aromatic nitrogens is 2. The molecule has 0 atom stereocenters. The fourth-order valence-electron chi connectivity index (χ4n) is 1.94. The molecule has 2 aromatic carbocycles. The normalized spacial score (nSPS) is 10.8. The second-order valence-electron chi connectivity index (χ2n) is 4.60. The van der Waals surface area contributed by atoms with Crippen molar-refractivity contribution in [2.45, 2.75) is 5.75 Å². The summed E-state index contributed by atoms with van der Waals surface area (Å²) >= 11 is 8.55. The summed E-state index contributed by atoms with van der Waals surface area (Å²) in [6, 6.07) is 13.2. The second-order valence-corrected chi connectivity index (χ2v) is 6.56. The first-order chi connectivity index (χ1) is 10.7. The van der Waals surface area contributed by atoms with E-state index in [0.717, 1.165) is 39.1 Å². The number of hydrogen-bond donors (Lipinski definition) is 1. The van der Waals surface area contributed by atoms with Gasteiger partial charge in [0.1, 0.15) is 11.0 Å². The van der Waals surface area contributed by atoms with Gasteiger partial charge in [-0.25, -0.2) is 0 Å². The first-order valence-electron chi connectivity index (χ1n) is 6.56. The van der Waals surface area contributed by atoms with Crippen LogP contribution in [0.25, 0.3) is 11.0 Å². The van der Waals surface area contributed by atoms with E-state index in [-0.39, 0.29) is 5.91 Å². The molecule has 0 aliphatic heterocycles. The molecule has 4 nitrogen and oxygen atoms in total. The lowest BCUT2D eigenvalue weighted by Gasteiger charge is -2.05. The Hall–Kier alpha value is -1.63. The van der Waals surface area contributed by atoms with Crippen LogP contribution in [0.5, 0.6) is 0 Å². The summed E-state index contributed by atoms with van der Waals surface area (Å²) in [6.07, 6.45) is 0. The molecule has 0 fully saturated rings. The molecule has 0 saturated heterocycles. The number of rotatable bonds is 5. The minimum Gasteiger partial charge on any atom is -0.323 e. The van der Waals surface area contributed by atoms with Gasteiger partial charge in [0.2, 0.25) is 5.91 Å². The van der Waals surface area contributed by atoms with Crippen molar-refractivity contribution in [3.05, 3.63) is 53.1 Å². The lowest BCUT2D eigenvalue weighted by atomic mass is 10.2. The van der Waals surface area contributed by atoms with Crippen molar-refractivity contribution in [3.63, 3.8) is 0 Å². The zero-order chi connectivity index (χ0) is 15.4. The van der Waals surface area contributed by atoms with E-state index in [1.807, 2.05) is 42.5 Å². The van der Waals surface area contributed by atoms with E-state index in [0.29, 0.717) is 11.4 Å². The Morgan fingerprint density at radius 1 is 1.18 bits per heavy atom. The van der Waals surface area contributed by atoms with Crippen molar-refractivity contribution in [2.24, 2.45) is 0 Å². The topological polar surface area (TPSA) is 54.9 Å². The van der Waals surface area contributed by atoms with Gasteiger partial charge in [-0.05, 0) is 29.8 Å². The molecule has 0 unspecified atom stereocenters. The van der Waals surface area contributed by atoms with Gasteiger partial charge in [0, 0.05) is 10.8 Å². The van der Waals surface area contributed by atoms with Crippen LogP contribution in [0.2, 0.25) is 5.02 Å². The first kappa shape index (κ1) is 15.3. The zero-order valence-corrected chi connectivity index (χ0v) is 13.8. The molecule has 112 valence electrons. The molecule has 0 radical (unpaired) electrons. The van der Waals surface area contributed by atoms with Crippen LogP contribution in [0.15, 0.2) is 42.5 Å². The summed E-state index contributed by atoms with van der Waals surface area (Å²) in [7, 11) is 0. The molecule has 1 heterocycles. The van der Waals surface area contributed by atoms with Crippen LogP contribution in [0.4, 0.5) is 5.69 Å². The van der Waals surface area contributed by atoms with Crippen molar-refractivity contribution in [1.82, 2.24) is 8.75 Å². The zero-order valence-electron chi connectivity index (χ0n) is 11.5. The number of nitrogens with one attached hydrogen (secondary N) is 1. The van der Waals surface area contributed by atoms with Gasteiger partial charge >= 0.3 is 0 Å². The highest BCUT2D eigenvalue weighted by Gasteiger charge is 2.08. The number of halogens is 1.